The Balaban J connectivity index is 1.32. The second-order valence-corrected chi connectivity index (χ2v) is 10.1. The zero-order chi connectivity index (χ0) is 25.2. The van der Waals surface area contributed by atoms with Gasteiger partial charge < -0.3 is 4.90 Å². The standard InChI is InChI=1S/C36H31N/c1-26-11-15-29(16-12-26)24-37(25-30-17-13-27(2)14-18-30)31-21-19-28(20-22-31)23-36-34-9-5-3-7-32(34)33-8-4-6-10-35(33)36/h3-23H,24-25H2,1-2H3. The average Bonchev–Trinajstić information content (AvgIpc) is 3.25. The van der Waals surface area contributed by atoms with Crippen LogP contribution in [0.2, 0.25) is 0 Å². The monoisotopic (exact) mass is 477 g/mol. The molecule has 0 aromatic heterocycles. The lowest BCUT2D eigenvalue weighted by Crippen LogP contribution is -2.22. The number of nitrogens with zero attached hydrogens (tertiary/aromatic N) is 1. The number of hydrogen-bond donors (Lipinski definition) is 0. The van der Waals surface area contributed by atoms with Crippen LogP contribution in [0.25, 0.3) is 22.8 Å². The van der Waals surface area contributed by atoms with Gasteiger partial charge in [0.05, 0.1) is 0 Å². The molecule has 0 N–H and O–H groups in total. The molecule has 5 aromatic rings. The molecule has 6 rings (SSSR count). The fourth-order valence-electron chi connectivity index (χ4n) is 5.22. The van der Waals surface area contributed by atoms with Gasteiger partial charge in [-0.1, -0.05) is 120 Å². The highest BCUT2D eigenvalue weighted by atomic mass is 15.1. The van der Waals surface area contributed by atoms with Gasteiger partial charge in [-0.3, -0.25) is 0 Å². The van der Waals surface area contributed by atoms with E-state index in [1.807, 2.05) is 0 Å². The summed E-state index contributed by atoms with van der Waals surface area (Å²) < 4.78 is 0. The summed E-state index contributed by atoms with van der Waals surface area (Å²) >= 11 is 0. The highest BCUT2D eigenvalue weighted by Gasteiger charge is 2.22. The van der Waals surface area contributed by atoms with Crippen LogP contribution in [0.5, 0.6) is 0 Å². The van der Waals surface area contributed by atoms with Gasteiger partial charge in [-0.05, 0) is 76.6 Å². The molecule has 0 bridgehead atoms. The van der Waals surface area contributed by atoms with Crippen LogP contribution in [0.3, 0.4) is 0 Å². The predicted molar refractivity (Wildman–Crippen MR) is 158 cm³/mol. The molecule has 0 saturated carbocycles. The maximum Gasteiger partial charge on any atom is 0.0433 e. The van der Waals surface area contributed by atoms with Gasteiger partial charge in [0.1, 0.15) is 0 Å². The Bertz CT molecular complexity index is 1460. The number of benzene rings is 5. The minimum Gasteiger partial charge on any atom is -0.363 e. The van der Waals surface area contributed by atoms with E-state index in [1.54, 1.807) is 0 Å². The third-order valence-corrected chi connectivity index (χ3v) is 7.28. The Morgan fingerprint density at radius 1 is 0.486 bits per heavy atom. The van der Waals surface area contributed by atoms with Gasteiger partial charge in [0.2, 0.25) is 0 Å². The van der Waals surface area contributed by atoms with Gasteiger partial charge in [-0.25, -0.2) is 0 Å². The lowest BCUT2D eigenvalue weighted by molar-refractivity contribution is 0.799. The van der Waals surface area contributed by atoms with Crippen molar-refractivity contribution >= 4 is 17.3 Å². The van der Waals surface area contributed by atoms with Gasteiger partial charge in [0.25, 0.3) is 0 Å². The molecule has 0 atom stereocenters. The Hall–Kier alpha value is -4.36. The van der Waals surface area contributed by atoms with Crippen molar-refractivity contribution in [3.63, 3.8) is 0 Å². The molecule has 5 aromatic carbocycles. The van der Waals surface area contributed by atoms with Crippen molar-refractivity contribution in [2.24, 2.45) is 0 Å². The van der Waals surface area contributed by atoms with Crippen molar-refractivity contribution in [3.05, 3.63) is 160 Å². The number of anilines is 1. The van der Waals surface area contributed by atoms with Crippen LogP contribution in [0, 0.1) is 13.8 Å². The first-order chi connectivity index (χ1) is 18.1. The van der Waals surface area contributed by atoms with Crippen molar-refractivity contribution in [2.75, 3.05) is 4.90 Å². The van der Waals surface area contributed by atoms with Crippen LogP contribution in [0.1, 0.15) is 38.9 Å². The molecule has 1 heteroatoms. The zero-order valence-corrected chi connectivity index (χ0v) is 21.5. The molecular weight excluding hydrogens is 446 g/mol. The molecule has 0 radical (unpaired) electrons. The summed E-state index contributed by atoms with van der Waals surface area (Å²) in [5.41, 5.74) is 14.3. The van der Waals surface area contributed by atoms with Crippen LogP contribution >= 0.6 is 0 Å². The smallest absolute Gasteiger partial charge is 0.0433 e. The number of fused-ring (bicyclic) bond motifs is 3. The predicted octanol–water partition coefficient (Wildman–Crippen LogP) is 9.08. The van der Waals surface area contributed by atoms with E-state index < -0.39 is 0 Å². The van der Waals surface area contributed by atoms with E-state index in [-0.39, 0.29) is 0 Å². The molecule has 1 aliphatic carbocycles. The Labute approximate surface area is 220 Å². The molecule has 0 saturated heterocycles. The molecule has 0 spiro atoms. The first-order valence-corrected chi connectivity index (χ1v) is 13.0. The highest BCUT2D eigenvalue weighted by Crippen LogP contribution is 2.44. The first-order valence-electron chi connectivity index (χ1n) is 13.0. The molecule has 0 heterocycles. The Morgan fingerprint density at radius 2 is 0.919 bits per heavy atom. The van der Waals surface area contributed by atoms with E-state index in [0.29, 0.717) is 0 Å². The van der Waals surface area contributed by atoms with Crippen LogP contribution in [0.4, 0.5) is 5.69 Å². The molecule has 180 valence electrons. The SMILES string of the molecule is Cc1ccc(CN(Cc2ccc(C)cc2)c2ccc(C=C3c4ccccc4-c4ccccc43)cc2)cc1. The van der Waals surface area contributed by atoms with Crippen LogP contribution in [-0.2, 0) is 13.1 Å². The summed E-state index contributed by atoms with van der Waals surface area (Å²) in [6.45, 7) is 6.02. The molecule has 0 amide bonds. The third-order valence-electron chi connectivity index (χ3n) is 7.28. The minimum atomic E-state index is 0.870. The van der Waals surface area contributed by atoms with Gasteiger partial charge in [-0.15, -0.1) is 0 Å². The van der Waals surface area contributed by atoms with E-state index in [9.17, 15) is 0 Å². The van der Waals surface area contributed by atoms with E-state index in [2.05, 4.69) is 146 Å². The average molecular weight is 478 g/mol. The highest BCUT2D eigenvalue weighted by molar-refractivity contribution is 6.06. The summed E-state index contributed by atoms with van der Waals surface area (Å²) in [5, 5.41) is 0. The molecule has 0 aliphatic heterocycles. The lowest BCUT2D eigenvalue weighted by atomic mass is 10.0. The molecule has 37 heavy (non-hydrogen) atoms. The molecule has 1 nitrogen and oxygen atoms in total. The second-order valence-electron chi connectivity index (χ2n) is 10.1. The summed E-state index contributed by atoms with van der Waals surface area (Å²) in [6.07, 6.45) is 2.33. The number of hydrogen-bond acceptors (Lipinski definition) is 1. The number of aryl methyl sites for hydroxylation is 2. The second kappa shape index (κ2) is 9.95. The maximum atomic E-state index is 2.46. The van der Waals surface area contributed by atoms with Crippen molar-refractivity contribution in [2.45, 2.75) is 26.9 Å². The topological polar surface area (TPSA) is 3.24 Å². The van der Waals surface area contributed by atoms with Gasteiger partial charge in [0, 0.05) is 18.8 Å². The molecule has 0 unspecified atom stereocenters. The maximum absolute atomic E-state index is 2.46. The van der Waals surface area contributed by atoms with E-state index in [0.717, 1.165) is 13.1 Å². The zero-order valence-electron chi connectivity index (χ0n) is 21.5. The van der Waals surface area contributed by atoms with Gasteiger partial charge in [0.15, 0.2) is 0 Å². The van der Waals surface area contributed by atoms with E-state index in [1.165, 1.54) is 61.3 Å². The van der Waals surface area contributed by atoms with Crippen LogP contribution in [0.15, 0.2) is 121 Å². The normalized spacial score (nSPS) is 11.7. The van der Waals surface area contributed by atoms with Gasteiger partial charge in [-0.2, -0.15) is 0 Å². The Kier molecular flexibility index (Phi) is 6.20. The van der Waals surface area contributed by atoms with Crippen molar-refractivity contribution in [1.29, 1.82) is 0 Å². The summed E-state index contributed by atoms with van der Waals surface area (Å²) in [6, 6.07) is 44.3. The first kappa shape index (κ1) is 23.1. The van der Waals surface area contributed by atoms with Crippen molar-refractivity contribution < 1.29 is 0 Å². The fourth-order valence-corrected chi connectivity index (χ4v) is 5.22. The largest absolute Gasteiger partial charge is 0.363 e. The van der Waals surface area contributed by atoms with Crippen molar-refractivity contribution in [1.82, 2.24) is 0 Å². The van der Waals surface area contributed by atoms with Crippen LogP contribution < -0.4 is 4.90 Å². The van der Waals surface area contributed by atoms with Crippen molar-refractivity contribution in [3.8, 4) is 11.1 Å². The fraction of sp³-hybridized carbons (Fsp3) is 0.111. The summed E-state index contributed by atoms with van der Waals surface area (Å²) in [4.78, 5) is 2.46. The summed E-state index contributed by atoms with van der Waals surface area (Å²) in [5.74, 6) is 0. The third kappa shape index (κ3) is 4.86. The van der Waals surface area contributed by atoms with E-state index in [4.69, 9.17) is 0 Å². The van der Waals surface area contributed by atoms with E-state index >= 15 is 0 Å². The molecule has 1 aliphatic rings. The van der Waals surface area contributed by atoms with Crippen LogP contribution in [-0.4, -0.2) is 0 Å². The minimum absolute atomic E-state index is 0.870. The quantitative estimate of drug-likeness (QED) is 0.231. The molecule has 0 fully saturated rings. The van der Waals surface area contributed by atoms with Gasteiger partial charge >= 0.3 is 0 Å². The number of rotatable bonds is 6. The summed E-state index contributed by atoms with van der Waals surface area (Å²) in [7, 11) is 0. The Morgan fingerprint density at radius 3 is 1.38 bits per heavy atom. The molecular formula is C36H31N. The lowest BCUT2D eigenvalue weighted by Gasteiger charge is -2.26.